The number of anilines is 2. The summed E-state index contributed by atoms with van der Waals surface area (Å²) in [7, 11) is 3.17. The van der Waals surface area contributed by atoms with Gasteiger partial charge in [0.2, 0.25) is 0 Å². The minimum absolute atomic E-state index is 0.188. The van der Waals surface area contributed by atoms with Crippen LogP contribution in [0.4, 0.5) is 15.8 Å². The number of nitrogens with zero attached hydrogens (tertiary/aromatic N) is 1. The lowest BCUT2D eigenvalue weighted by atomic mass is 9.94. The van der Waals surface area contributed by atoms with Gasteiger partial charge in [-0.15, -0.1) is 0 Å². The quantitative estimate of drug-likeness (QED) is 0.855. The van der Waals surface area contributed by atoms with Crippen LogP contribution in [0.5, 0.6) is 5.75 Å². The molecule has 19 heavy (non-hydrogen) atoms. The Morgan fingerprint density at radius 2 is 2.11 bits per heavy atom. The van der Waals surface area contributed by atoms with Crippen LogP contribution in [0, 0.1) is 5.82 Å². The molecule has 0 aromatic heterocycles. The molecular weight excluding hydrogens is 247 g/mol. The van der Waals surface area contributed by atoms with Gasteiger partial charge in [0.25, 0.3) is 0 Å². The molecule has 0 amide bonds. The number of nitrogen functional groups attached to an aromatic ring is 1. The number of methoxy groups -OCH3 is 2. The second-order valence-corrected chi connectivity index (χ2v) is 5.22. The summed E-state index contributed by atoms with van der Waals surface area (Å²) in [5.74, 6) is -0.218. The van der Waals surface area contributed by atoms with Gasteiger partial charge in [0.15, 0.2) is 11.6 Å². The summed E-state index contributed by atoms with van der Waals surface area (Å²) < 4.78 is 24.2. The van der Waals surface area contributed by atoms with Gasteiger partial charge >= 0.3 is 0 Å². The van der Waals surface area contributed by atoms with E-state index in [4.69, 9.17) is 15.2 Å². The van der Waals surface area contributed by atoms with E-state index in [1.807, 2.05) is 0 Å². The van der Waals surface area contributed by atoms with Crippen LogP contribution >= 0.6 is 0 Å². The minimum atomic E-state index is -0.435. The van der Waals surface area contributed by atoms with Crippen molar-refractivity contribution in [1.82, 2.24) is 0 Å². The van der Waals surface area contributed by atoms with E-state index in [9.17, 15) is 4.39 Å². The van der Waals surface area contributed by atoms with Gasteiger partial charge in [0.05, 0.1) is 24.1 Å². The van der Waals surface area contributed by atoms with Crippen molar-refractivity contribution in [3.63, 3.8) is 0 Å². The molecule has 1 aliphatic heterocycles. The van der Waals surface area contributed by atoms with Gasteiger partial charge in [-0.05, 0) is 19.8 Å². The van der Waals surface area contributed by atoms with E-state index in [-0.39, 0.29) is 11.4 Å². The van der Waals surface area contributed by atoms with Gasteiger partial charge in [-0.3, -0.25) is 0 Å². The SMILES string of the molecule is COc1cc(N2CCCC(C)(OC)C2)c(N)cc1F. The topological polar surface area (TPSA) is 47.7 Å². The molecule has 1 atom stereocenters. The third-order valence-corrected chi connectivity index (χ3v) is 3.79. The molecule has 1 unspecified atom stereocenters. The van der Waals surface area contributed by atoms with Crippen LogP contribution in [0.25, 0.3) is 0 Å². The van der Waals surface area contributed by atoms with E-state index < -0.39 is 5.82 Å². The summed E-state index contributed by atoms with van der Waals surface area (Å²) in [5, 5.41) is 0. The van der Waals surface area contributed by atoms with E-state index >= 15 is 0 Å². The second-order valence-electron chi connectivity index (χ2n) is 5.22. The van der Waals surface area contributed by atoms with Crippen LogP contribution in [0.15, 0.2) is 12.1 Å². The first kappa shape index (κ1) is 13.9. The third-order valence-electron chi connectivity index (χ3n) is 3.79. The van der Waals surface area contributed by atoms with Gasteiger partial charge < -0.3 is 20.1 Å². The van der Waals surface area contributed by atoms with Crippen LogP contribution in [-0.4, -0.2) is 32.9 Å². The molecule has 0 bridgehead atoms. The molecule has 2 rings (SSSR count). The average molecular weight is 268 g/mol. The third kappa shape index (κ3) is 2.76. The predicted octanol–water partition coefficient (Wildman–Crippen LogP) is 2.42. The Bertz CT molecular complexity index is 467. The van der Waals surface area contributed by atoms with Crippen molar-refractivity contribution < 1.29 is 13.9 Å². The van der Waals surface area contributed by atoms with E-state index in [0.29, 0.717) is 5.69 Å². The summed E-state index contributed by atoms with van der Waals surface area (Å²) in [6.07, 6.45) is 2.03. The largest absolute Gasteiger partial charge is 0.494 e. The van der Waals surface area contributed by atoms with Crippen molar-refractivity contribution in [2.45, 2.75) is 25.4 Å². The van der Waals surface area contributed by atoms with Crippen LogP contribution < -0.4 is 15.4 Å². The van der Waals surface area contributed by atoms with E-state index in [1.165, 1.54) is 13.2 Å². The zero-order valence-electron chi connectivity index (χ0n) is 11.7. The Balaban J connectivity index is 2.31. The Kier molecular flexibility index (Phi) is 3.85. The zero-order valence-corrected chi connectivity index (χ0v) is 11.7. The molecule has 1 aliphatic rings. The lowest BCUT2D eigenvalue weighted by molar-refractivity contribution is -0.00463. The standard InChI is InChI=1S/C14H21FN2O2/c1-14(19-3)5-4-6-17(9-14)12-8-13(18-2)10(15)7-11(12)16/h7-8H,4-6,9,16H2,1-3H3. The lowest BCUT2D eigenvalue weighted by Crippen LogP contribution is -2.47. The first-order chi connectivity index (χ1) is 8.99. The maximum absolute atomic E-state index is 13.6. The fraction of sp³-hybridized carbons (Fsp3) is 0.571. The maximum Gasteiger partial charge on any atom is 0.167 e. The van der Waals surface area contributed by atoms with Crippen LogP contribution in [0.2, 0.25) is 0 Å². The Morgan fingerprint density at radius 3 is 2.74 bits per heavy atom. The fourth-order valence-electron chi connectivity index (χ4n) is 2.57. The first-order valence-corrected chi connectivity index (χ1v) is 6.42. The molecule has 106 valence electrons. The fourth-order valence-corrected chi connectivity index (χ4v) is 2.57. The summed E-state index contributed by atoms with van der Waals surface area (Å²) in [5.41, 5.74) is 6.98. The van der Waals surface area contributed by atoms with Gasteiger partial charge in [-0.2, -0.15) is 0 Å². The van der Waals surface area contributed by atoms with Gasteiger partial charge in [0, 0.05) is 32.3 Å². The van der Waals surface area contributed by atoms with Crippen LogP contribution in [-0.2, 0) is 4.74 Å². The van der Waals surface area contributed by atoms with Crippen molar-refractivity contribution in [3.8, 4) is 5.75 Å². The first-order valence-electron chi connectivity index (χ1n) is 6.42. The number of halogens is 1. The van der Waals surface area contributed by atoms with E-state index in [2.05, 4.69) is 11.8 Å². The highest BCUT2D eigenvalue weighted by Crippen LogP contribution is 2.35. The number of ether oxygens (including phenoxy) is 2. The second kappa shape index (κ2) is 5.25. The van der Waals surface area contributed by atoms with Gasteiger partial charge in [-0.1, -0.05) is 0 Å². The smallest absolute Gasteiger partial charge is 0.167 e. The molecule has 0 spiro atoms. The molecule has 4 nitrogen and oxygen atoms in total. The van der Waals surface area contributed by atoms with Crippen LogP contribution in [0.1, 0.15) is 19.8 Å². The lowest BCUT2D eigenvalue weighted by Gasteiger charge is -2.41. The van der Waals surface area contributed by atoms with Crippen LogP contribution in [0.3, 0.4) is 0 Å². The molecule has 2 N–H and O–H groups in total. The van der Waals surface area contributed by atoms with Gasteiger partial charge in [-0.25, -0.2) is 4.39 Å². The molecule has 1 aromatic carbocycles. The summed E-state index contributed by atoms with van der Waals surface area (Å²) >= 11 is 0. The highest BCUT2D eigenvalue weighted by molar-refractivity contribution is 5.70. The molecule has 0 saturated carbocycles. The number of piperidine rings is 1. The molecule has 1 saturated heterocycles. The van der Waals surface area contributed by atoms with Crippen molar-refractivity contribution in [1.29, 1.82) is 0 Å². The molecule has 5 heteroatoms. The predicted molar refractivity (Wildman–Crippen MR) is 74.2 cm³/mol. The highest BCUT2D eigenvalue weighted by Gasteiger charge is 2.31. The van der Waals surface area contributed by atoms with Crippen molar-refractivity contribution in [2.75, 3.05) is 37.9 Å². The Morgan fingerprint density at radius 1 is 1.37 bits per heavy atom. The van der Waals surface area contributed by atoms with Crippen molar-refractivity contribution in [3.05, 3.63) is 17.9 Å². The molecule has 1 heterocycles. The molecule has 1 fully saturated rings. The number of nitrogens with two attached hydrogens (primary N) is 1. The molecular formula is C14H21FN2O2. The summed E-state index contributed by atoms with van der Waals surface area (Å²) in [6, 6.07) is 2.97. The molecule has 0 radical (unpaired) electrons. The number of benzene rings is 1. The maximum atomic E-state index is 13.6. The van der Waals surface area contributed by atoms with E-state index in [0.717, 1.165) is 31.6 Å². The highest BCUT2D eigenvalue weighted by atomic mass is 19.1. The molecule has 0 aliphatic carbocycles. The average Bonchev–Trinajstić information content (AvgIpc) is 2.39. The summed E-state index contributed by atoms with van der Waals surface area (Å²) in [6.45, 7) is 3.70. The van der Waals surface area contributed by atoms with Crippen molar-refractivity contribution >= 4 is 11.4 Å². The minimum Gasteiger partial charge on any atom is -0.494 e. The monoisotopic (exact) mass is 268 g/mol. The Labute approximate surface area is 113 Å². The Hall–Kier alpha value is -1.49. The summed E-state index contributed by atoms with van der Waals surface area (Å²) in [4.78, 5) is 2.13. The normalized spacial score (nSPS) is 23.5. The van der Waals surface area contributed by atoms with Crippen molar-refractivity contribution in [2.24, 2.45) is 0 Å². The molecule has 1 aromatic rings. The van der Waals surface area contributed by atoms with Gasteiger partial charge in [0.1, 0.15) is 0 Å². The number of hydrogen-bond donors (Lipinski definition) is 1. The number of hydrogen-bond acceptors (Lipinski definition) is 4. The zero-order chi connectivity index (χ0) is 14.0. The number of rotatable bonds is 3. The van der Waals surface area contributed by atoms with E-state index in [1.54, 1.807) is 13.2 Å².